The van der Waals surface area contributed by atoms with Crippen LogP contribution in [0.25, 0.3) is 0 Å². The summed E-state index contributed by atoms with van der Waals surface area (Å²) in [5, 5.41) is 3.39. The molecule has 1 unspecified atom stereocenters. The van der Waals surface area contributed by atoms with Gasteiger partial charge in [-0.2, -0.15) is 0 Å². The molecule has 20 heavy (non-hydrogen) atoms. The number of likely N-dealkylation sites (N-methyl/N-ethyl adjacent to an activating group) is 1. The molecule has 1 aromatic heterocycles. The third-order valence-corrected chi connectivity index (χ3v) is 3.23. The first-order chi connectivity index (χ1) is 9.56. The number of amides is 1. The van der Waals surface area contributed by atoms with Crippen molar-refractivity contribution in [1.29, 1.82) is 0 Å². The monoisotopic (exact) mass is 272 g/mol. The van der Waals surface area contributed by atoms with E-state index in [0.29, 0.717) is 6.42 Å². The van der Waals surface area contributed by atoms with E-state index in [2.05, 4.69) is 12.2 Å². The van der Waals surface area contributed by atoms with Gasteiger partial charge in [0, 0.05) is 25.3 Å². The highest BCUT2D eigenvalue weighted by atomic mass is 16.3. The number of hydrogen-bond donors (Lipinski definition) is 1. The summed E-state index contributed by atoms with van der Waals surface area (Å²) in [5.74, 6) is 0.109. The summed E-state index contributed by atoms with van der Waals surface area (Å²) in [4.78, 5) is 13.2. The second-order valence-electron chi connectivity index (χ2n) is 5.08. The standard InChI is InChI=1S/C16H20N2O2/c1-12(14-8-9-20-11-14)17-15-6-4-13(5-7-15)10-16(19)18(2)3/h4-9,11-12,17H,10H2,1-3H3. The SMILES string of the molecule is CC(Nc1ccc(CC(=O)N(C)C)cc1)c1ccoc1. The van der Waals surface area contributed by atoms with Gasteiger partial charge in [-0.1, -0.05) is 12.1 Å². The molecule has 0 fully saturated rings. The van der Waals surface area contributed by atoms with Crippen molar-refractivity contribution in [3.63, 3.8) is 0 Å². The largest absolute Gasteiger partial charge is 0.472 e. The Morgan fingerprint density at radius 3 is 2.50 bits per heavy atom. The van der Waals surface area contributed by atoms with Gasteiger partial charge in [0.25, 0.3) is 0 Å². The molecule has 0 bridgehead atoms. The molecule has 4 heteroatoms. The molecule has 0 saturated heterocycles. The van der Waals surface area contributed by atoms with E-state index in [1.807, 2.05) is 30.3 Å². The van der Waals surface area contributed by atoms with E-state index in [1.165, 1.54) is 0 Å². The molecule has 0 saturated carbocycles. The maximum atomic E-state index is 11.6. The van der Waals surface area contributed by atoms with Crippen LogP contribution >= 0.6 is 0 Å². The highest BCUT2D eigenvalue weighted by Crippen LogP contribution is 2.20. The lowest BCUT2D eigenvalue weighted by Crippen LogP contribution is -2.23. The van der Waals surface area contributed by atoms with Crippen LogP contribution < -0.4 is 5.32 Å². The molecular formula is C16H20N2O2. The van der Waals surface area contributed by atoms with Crippen LogP contribution in [0.2, 0.25) is 0 Å². The van der Waals surface area contributed by atoms with Crippen molar-refractivity contribution >= 4 is 11.6 Å². The number of rotatable bonds is 5. The second kappa shape index (κ2) is 6.28. The normalized spacial score (nSPS) is 11.9. The van der Waals surface area contributed by atoms with E-state index in [1.54, 1.807) is 31.5 Å². The maximum absolute atomic E-state index is 11.6. The molecule has 0 aliphatic rings. The first kappa shape index (κ1) is 14.2. The van der Waals surface area contributed by atoms with Crippen LogP contribution in [0.5, 0.6) is 0 Å². The molecule has 1 heterocycles. The molecule has 1 atom stereocenters. The number of carbonyl (C=O) groups is 1. The van der Waals surface area contributed by atoms with Crippen LogP contribution in [0, 0.1) is 0 Å². The lowest BCUT2D eigenvalue weighted by molar-refractivity contribution is -0.127. The topological polar surface area (TPSA) is 45.5 Å². The Morgan fingerprint density at radius 2 is 1.95 bits per heavy atom. The van der Waals surface area contributed by atoms with Gasteiger partial charge in [-0.3, -0.25) is 4.79 Å². The molecule has 0 aliphatic heterocycles. The van der Waals surface area contributed by atoms with Crippen LogP contribution in [-0.4, -0.2) is 24.9 Å². The van der Waals surface area contributed by atoms with Crippen molar-refractivity contribution in [1.82, 2.24) is 4.90 Å². The summed E-state index contributed by atoms with van der Waals surface area (Å²) in [5.41, 5.74) is 3.15. The fourth-order valence-corrected chi connectivity index (χ4v) is 1.91. The Morgan fingerprint density at radius 1 is 1.25 bits per heavy atom. The Hall–Kier alpha value is -2.23. The average Bonchev–Trinajstić information content (AvgIpc) is 2.95. The smallest absolute Gasteiger partial charge is 0.226 e. The number of hydrogen-bond acceptors (Lipinski definition) is 3. The fourth-order valence-electron chi connectivity index (χ4n) is 1.91. The summed E-state index contributed by atoms with van der Waals surface area (Å²) in [6, 6.07) is 10.1. The Labute approximate surface area is 119 Å². The first-order valence-electron chi connectivity index (χ1n) is 6.64. The molecule has 1 aromatic carbocycles. The Balaban J connectivity index is 1.96. The minimum Gasteiger partial charge on any atom is -0.472 e. The first-order valence-corrected chi connectivity index (χ1v) is 6.64. The van der Waals surface area contributed by atoms with E-state index in [0.717, 1.165) is 16.8 Å². The van der Waals surface area contributed by atoms with Gasteiger partial charge in [0.15, 0.2) is 0 Å². The van der Waals surface area contributed by atoms with Gasteiger partial charge in [-0.25, -0.2) is 0 Å². The van der Waals surface area contributed by atoms with E-state index in [4.69, 9.17) is 4.42 Å². The number of anilines is 1. The zero-order valence-electron chi connectivity index (χ0n) is 12.1. The third kappa shape index (κ3) is 3.63. The highest BCUT2D eigenvalue weighted by molar-refractivity contribution is 5.78. The number of furan rings is 1. The molecule has 106 valence electrons. The zero-order valence-corrected chi connectivity index (χ0v) is 12.1. The minimum absolute atomic E-state index is 0.109. The van der Waals surface area contributed by atoms with E-state index >= 15 is 0 Å². The molecular weight excluding hydrogens is 252 g/mol. The van der Waals surface area contributed by atoms with E-state index in [-0.39, 0.29) is 11.9 Å². The quantitative estimate of drug-likeness (QED) is 0.909. The Bertz CT molecular complexity index is 544. The van der Waals surface area contributed by atoms with Gasteiger partial charge in [0.05, 0.1) is 25.0 Å². The van der Waals surface area contributed by atoms with Gasteiger partial charge >= 0.3 is 0 Å². The number of nitrogens with zero attached hydrogens (tertiary/aromatic N) is 1. The van der Waals surface area contributed by atoms with Crippen molar-refractivity contribution < 1.29 is 9.21 Å². The van der Waals surface area contributed by atoms with Crippen LogP contribution in [0.4, 0.5) is 5.69 Å². The zero-order chi connectivity index (χ0) is 14.5. The van der Waals surface area contributed by atoms with Crippen LogP contribution in [0.1, 0.15) is 24.1 Å². The molecule has 1 N–H and O–H groups in total. The summed E-state index contributed by atoms with van der Waals surface area (Å²) in [7, 11) is 3.54. The lowest BCUT2D eigenvalue weighted by Gasteiger charge is -2.14. The fraction of sp³-hybridized carbons (Fsp3) is 0.312. The maximum Gasteiger partial charge on any atom is 0.226 e. The van der Waals surface area contributed by atoms with Crippen molar-refractivity contribution in [2.75, 3.05) is 19.4 Å². The summed E-state index contributed by atoms with van der Waals surface area (Å²) in [6.07, 6.45) is 3.84. The molecule has 4 nitrogen and oxygen atoms in total. The van der Waals surface area contributed by atoms with Crippen molar-refractivity contribution in [3.05, 3.63) is 54.0 Å². The van der Waals surface area contributed by atoms with Gasteiger partial charge < -0.3 is 14.6 Å². The summed E-state index contributed by atoms with van der Waals surface area (Å²) >= 11 is 0. The van der Waals surface area contributed by atoms with E-state index < -0.39 is 0 Å². The molecule has 2 rings (SSSR count). The predicted octanol–water partition coefficient (Wildman–Crippen LogP) is 3.08. The highest BCUT2D eigenvalue weighted by Gasteiger charge is 2.08. The van der Waals surface area contributed by atoms with Crippen LogP contribution in [0.3, 0.4) is 0 Å². The summed E-state index contributed by atoms with van der Waals surface area (Å²) in [6.45, 7) is 2.08. The van der Waals surface area contributed by atoms with Crippen LogP contribution in [0.15, 0.2) is 47.3 Å². The molecule has 0 aliphatic carbocycles. The number of nitrogens with one attached hydrogen (secondary N) is 1. The van der Waals surface area contributed by atoms with Gasteiger partial charge in [0.2, 0.25) is 5.91 Å². The van der Waals surface area contributed by atoms with Crippen molar-refractivity contribution in [3.8, 4) is 0 Å². The van der Waals surface area contributed by atoms with Crippen molar-refractivity contribution in [2.45, 2.75) is 19.4 Å². The minimum atomic E-state index is 0.109. The van der Waals surface area contributed by atoms with Gasteiger partial charge in [-0.15, -0.1) is 0 Å². The number of benzene rings is 1. The molecule has 2 aromatic rings. The summed E-state index contributed by atoms with van der Waals surface area (Å²) < 4.78 is 5.08. The average molecular weight is 272 g/mol. The second-order valence-corrected chi connectivity index (χ2v) is 5.08. The lowest BCUT2D eigenvalue weighted by atomic mass is 10.1. The molecule has 0 spiro atoms. The van der Waals surface area contributed by atoms with Crippen molar-refractivity contribution in [2.24, 2.45) is 0 Å². The van der Waals surface area contributed by atoms with Gasteiger partial charge in [0.1, 0.15) is 0 Å². The van der Waals surface area contributed by atoms with Crippen LogP contribution in [-0.2, 0) is 11.2 Å². The van der Waals surface area contributed by atoms with Gasteiger partial charge in [-0.05, 0) is 30.7 Å². The molecule has 1 amide bonds. The third-order valence-electron chi connectivity index (χ3n) is 3.23. The number of carbonyl (C=O) groups excluding carboxylic acids is 1. The Kier molecular flexibility index (Phi) is 4.45. The molecule has 0 radical (unpaired) electrons. The predicted molar refractivity (Wildman–Crippen MR) is 79.6 cm³/mol. The van der Waals surface area contributed by atoms with E-state index in [9.17, 15) is 4.79 Å².